The summed E-state index contributed by atoms with van der Waals surface area (Å²) in [5.74, 6) is -0.372. The zero-order valence-electron chi connectivity index (χ0n) is 21.0. The average Bonchev–Trinajstić information content (AvgIpc) is 3.28. The van der Waals surface area contributed by atoms with Crippen molar-refractivity contribution in [2.24, 2.45) is 5.92 Å². The number of para-hydroxylation sites is 1. The molecule has 35 heavy (non-hydrogen) atoms. The molecule has 0 aliphatic carbocycles. The molecule has 2 N–H and O–H groups in total. The van der Waals surface area contributed by atoms with Crippen LogP contribution in [0.25, 0.3) is 16.7 Å². The van der Waals surface area contributed by atoms with Crippen molar-refractivity contribution in [3.63, 3.8) is 0 Å². The predicted octanol–water partition coefficient (Wildman–Crippen LogP) is 4.49. The molecule has 1 unspecified atom stereocenters. The largest absolute Gasteiger partial charge is 0.507 e. The fourth-order valence-corrected chi connectivity index (χ4v) is 4.50. The first-order valence-electron chi connectivity index (χ1n) is 11.9. The molecule has 1 atom stereocenters. The third-order valence-corrected chi connectivity index (χ3v) is 6.26. The van der Waals surface area contributed by atoms with Crippen molar-refractivity contribution < 1.29 is 19.4 Å². The Morgan fingerprint density at radius 3 is 2.46 bits per heavy atom. The third kappa shape index (κ3) is 4.82. The summed E-state index contributed by atoms with van der Waals surface area (Å²) in [4.78, 5) is 33.4. The van der Waals surface area contributed by atoms with Crippen LogP contribution < -0.4 is 4.74 Å². The highest BCUT2D eigenvalue weighted by Gasteiger charge is 2.47. The number of aromatic nitrogens is 1. The van der Waals surface area contributed by atoms with E-state index in [1.165, 1.54) is 0 Å². The maximum Gasteiger partial charge on any atom is 0.295 e. The smallest absolute Gasteiger partial charge is 0.295 e. The number of Topliss-reactive ketones (excluding diaryl/α,β-unsaturated/α-hetero) is 1. The first-order chi connectivity index (χ1) is 16.7. The summed E-state index contributed by atoms with van der Waals surface area (Å²) in [7, 11) is 3.84. The van der Waals surface area contributed by atoms with Gasteiger partial charge in [-0.1, -0.05) is 32.0 Å². The second kappa shape index (κ2) is 9.96. The van der Waals surface area contributed by atoms with Gasteiger partial charge in [-0.2, -0.15) is 0 Å². The highest BCUT2D eigenvalue weighted by atomic mass is 16.5. The van der Waals surface area contributed by atoms with Crippen molar-refractivity contribution in [3.05, 3.63) is 70.9 Å². The number of aliphatic hydroxyl groups excluding tert-OH is 1. The molecule has 0 spiro atoms. The van der Waals surface area contributed by atoms with Crippen molar-refractivity contribution in [1.29, 1.82) is 0 Å². The molecule has 2 heterocycles. The number of fused-ring (bicyclic) bond motifs is 1. The van der Waals surface area contributed by atoms with Crippen LogP contribution in [0.3, 0.4) is 0 Å². The van der Waals surface area contributed by atoms with Crippen LogP contribution in [0.4, 0.5) is 0 Å². The van der Waals surface area contributed by atoms with E-state index in [-0.39, 0.29) is 11.3 Å². The number of likely N-dealkylation sites (tertiary alicyclic amines) is 1. The summed E-state index contributed by atoms with van der Waals surface area (Å²) in [5.41, 5.74) is 3.19. The lowest BCUT2D eigenvalue weighted by Crippen LogP contribution is -2.35. The average molecular weight is 476 g/mol. The lowest BCUT2D eigenvalue weighted by Gasteiger charge is -2.27. The minimum Gasteiger partial charge on any atom is -0.507 e. The number of ketones is 1. The van der Waals surface area contributed by atoms with Gasteiger partial charge in [-0.05, 0) is 57.3 Å². The number of hydrogen-bond acceptors (Lipinski definition) is 5. The van der Waals surface area contributed by atoms with E-state index in [1.807, 2.05) is 50.2 Å². The number of nitrogens with one attached hydrogen (secondary N) is 1. The molecule has 184 valence electrons. The molecule has 1 aromatic heterocycles. The number of carbonyl (C=O) groups excluding carboxylic acids is 2. The van der Waals surface area contributed by atoms with E-state index in [0.29, 0.717) is 36.9 Å². The van der Waals surface area contributed by atoms with Gasteiger partial charge in [0.1, 0.15) is 11.5 Å². The Hall–Kier alpha value is -3.58. The molecule has 1 amide bonds. The molecule has 2 aromatic carbocycles. The summed E-state index contributed by atoms with van der Waals surface area (Å²) in [5, 5.41) is 12.3. The van der Waals surface area contributed by atoms with E-state index >= 15 is 0 Å². The molecular formula is C28H33N3O4. The van der Waals surface area contributed by atoms with Crippen LogP contribution in [0.1, 0.15) is 36.7 Å². The highest BCUT2D eigenvalue weighted by Crippen LogP contribution is 2.43. The Morgan fingerprint density at radius 1 is 1.11 bits per heavy atom. The number of rotatable bonds is 8. The molecule has 1 saturated heterocycles. The second-order valence-electron chi connectivity index (χ2n) is 9.73. The molecule has 1 aliphatic rings. The Bertz CT molecular complexity index is 1270. The Morgan fingerprint density at radius 2 is 1.80 bits per heavy atom. The van der Waals surface area contributed by atoms with E-state index in [2.05, 4.69) is 18.8 Å². The van der Waals surface area contributed by atoms with Crippen LogP contribution in [0.2, 0.25) is 0 Å². The predicted molar refractivity (Wildman–Crippen MR) is 137 cm³/mol. The molecule has 7 nitrogen and oxygen atoms in total. The number of amides is 1. The minimum absolute atomic E-state index is 0.109. The standard InChI is InChI=1S/C28H33N3O4/c1-17(2)16-35-20-12-10-19(11-13-20)26(32)24-25(31(15-14-30(4)5)28(34)27(24)33)23-18(3)29-22-9-7-6-8-21(22)23/h6-13,17,25,29,32H,14-16H2,1-5H3/b26-24+. The number of ether oxygens (including phenoxy) is 1. The van der Waals surface area contributed by atoms with E-state index in [0.717, 1.165) is 22.2 Å². The van der Waals surface area contributed by atoms with E-state index in [1.54, 1.807) is 29.2 Å². The molecular weight excluding hydrogens is 442 g/mol. The van der Waals surface area contributed by atoms with Crippen LogP contribution in [0, 0.1) is 12.8 Å². The van der Waals surface area contributed by atoms with Gasteiger partial charge in [-0.15, -0.1) is 0 Å². The number of aryl methyl sites for hydroxylation is 1. The van der Waals surface area contributed by atoms with Crippen LogP contribution in [-0.4, -0.2) is 65.4 Å². The summed E-state index contributed by atoms with van der Waals surface area (Å²) < 4.78 is 5.75. The van der Waals surface area contributed by atoms with Gasteiger partial charge in [0.05, 0.1) is 18.2 Å². The number of nitrogens with zero attached hydrogens (tertiary/aromatic N) is 2. The zero-order valence-corrected chi connectivity index (χ0v) is 21.0. The summed E-state index contributed by atoms with van der Waals surface area (Å²) >= 11 is 0. The monoisotopic (exact) mass is 475 g/mol. The number of aromatic amines is 1. The molecule has 7 heteroatoms. The SMILES string of the molecule is Cc1[nH]c2ccccc2c1C1/C(=C(\O)c2ccc(OCC(C)C)cc2)C(=O)C(=O)N1CCN(C)C. The van der Waals surface area contributed by atoms with Gasteiger partial charge < -0.3 is 24.6 Å². The highest BCUT2D eigenvalue weighted by molar-refractivity contribution is 6.46. The summed E-state index contributed by atoms with van der Waals surface area (Å²) in [6.07, 6.45) is 0. The molecule has 4 rings (SSSR count). The van der Waals surface area contributed by atoms with Crippen molar-refractivity contribution >= 4 is 28.4 Å². The number of carbonyl (C=O) groups is 2. The van der Waals surface area contributed by atoms with Gasteiger partial charge in [0, 0.05) is 40.8 Å². The number of likely N-dealkylation sites (N-methyl/N-ethyl adjacent to an activating group) is 1. The topological polar surface area (TPSA) is 85.9 Å². The summed E-state index contributed by atoms with van der Waals surface area (Å²) in [6.45, 7) is 7.61. The Labute approximate surface area is 206 Å². The van der Waals surface area contributed by atoms with E-state index in [9.17, 15) is 14.7 Å². The van der Waals surface area contributed by atoms with Crippen LogP contribution in [0.5, 0.6) is 5.75 Å². The van der Waals surface area contributed by atoms with Crippen LogP contribution in [0.15, 0.2) is 54.1 Å². The zero-order chi connectivity index (χ0) is 25.3. The number of H-pyrrole nitrogens is 1. The van der Waals surface area contributed by atoms with Crippen molar-refractivity contribution in [2.45, 2.75) is 26.8 Å². The van der Waals surface area contributed by atoms with E-state index < -0.39 is 17.7 Å². The minimum atomic E-state index is -0.692. The first kappa shape index (κ1) is 24.5. The third-order valence-electron chi connectivity index (χ3n) is 6.26. The molecule has 3 aromatic rings. The van der Waals surface area contributed by atoms with Crippen molar-refractivity contribution in [3.8, 4) is 5.75 Å². The van der Waals surface area contributed by atoms with Gasteiger partial charge in [-0.25, -0.2) is 0 Å². The Kier molecular flexibility index (Phi) is 6.98. The second-order valence-corrected chi connectivity index (χ2v) is 9.73. The number of hydrogen-bond donors (Lipinski definition) is 2. The van der Waals surface area contributed by atoms with Crippen molar-refractivity contribution in [1.82, 2.24) is 14.8 Å². The van der Waals surface area contributed by atoms with Gasteiger partial charge in [-0.3, -0.25) is 9.59 Å². The quantitative estimate of drug-likeness (QED) is 0.285. The lowest BCUT2D eigenvalue weighted by molar-refractivity contribution is -0.140. The number of aliphatic hydroxyl groups is 1. The molecule has 1 aliphatic heterocycles. The normalized spacial score (nSPS) is 17.8. The Balaban J connectivity index is 1.83. The van der Waals surface area contributed by atoms with Crippen LogP contribution in [-0.2, 0) is 9.59 Å². The van der Waals surface area contributed by atoms with Gasteiger partial charge in [0.2, 0.25) is 0 Å². The van der Waals surface area contributed by atoms with Crippen molar-refractivity contribution in [2.75, 3.05) is 33.8 Å². The maximum absolute atomic E-state index is 13.3. The maximum atomic E-state index is 13.3. The number of benzene rings is 2. The molecule has 1 fully saturated rings. The van der Waals surface area contributed by atoms with Gasteiger partial charge in [0.15, 0.2) is 0 Å². The fraction of sp³-hybridized carbons (Fsp3) is 0.357. The van der Waals surface area contributed by atoms with E-state index in [4.69, 9.17) is 4.74 Å². The molecule has 0 radical (unpaired) electrons. The molecule has 0 saturated carbocycles. The molecule has 0 bridgehead atoms. The van der Waals surface area contributed by atoms with Gasteiger partial charge in [0.25, 0.3) is 11.7 Å². The summed E-state index contributed by atoms with van der Waals surface area (Å²) in [6, 6.07) is 14.1. The lowest BCUT2D eigenvalue weighted by atomic mass is 9.93. The van der Waals surface area contributed by atoms with Crippen LogP contribution >= 0.6 is 0 Å². The van der Waals surface area contributed by atoms with Gasteiger partial charge >= 0.3 is 0 Å². The fourth-order valence-electron chi connectivity index (χ4n) is 4.50. The first-order valence-corrected chi connectivity index (χ1v) is 11.9.